The van der Waals surface area contributed by atoms with E-state index in [0.29, 0.717) is 13.0 Å². The number of hydrogen-bond acceptors (Lipinski definition) is 4. The highest BCUT2D eigenvalue weighted by Crippen LogP contribution is 2.09. The summed E-state index contributed by atoms with van der Waals surface area (Å²) in [5, 5.41) is 12.9. The minimum atomic E-state index is -0.639. The lowest BCUT2D eigenvalue weighted by Gasteiger charge is -2.22. The molecule has 0 saturated carbocycles. The van der Waals surface area contributed by atoms with Gasteiger partial charge >= 0.3 is 5.97 Å². The molecule has 0 fully saturated rings. The summed E-state index contributed by atoms with van der Waals surface area (Å²) in [6, 6.07) is 0. The Balaban J connectivity index is 3.41. The molecule has 0 aliphatic rings. The van der Waals surface area contributed by atoms with Crippen molar-refractivity contribution >= 4 is 5.97 Å². The number of ether oxygens (including phenoxy) is 1. The second kappa shape index (κ2) is 7.65. The lowest BCUT2D eigenvalue weighted by Crippen LogP contribution is -2.38. The van der Waals surface area contributed by atoms with Crippen LogP contribution in [0.4, 0.5) is 0 Å². The van der Waals surface area contributed by atoms with Crippen molar-refractivity contribution in [3.63, 3.8) is 0 Å². The van der Waals surface area contributed by atoms with Crippen molar-refractivity contribution in [1.82, 2.24) is 5.32 Å². The Labute approximate surface area is 92.0 Å². The van der Waals surface area contributed by atoms with Crippen molar-refractivity contribution in [3.8, 4) is 0 Å². The molecule has 0 heterocycles. The first-order valence-corrected chi connectivity index (χ1v) is 5.51. The molecule has 1 unspecified atom stereocenters. The van der Waals surface area contributed by atoms with Gasteiger partial charge in [-0.1, -0.05) is 13.3 Å². The summed E-state index contributed by atoms with van der Waals surface area (Å²) >= 11 is 0. The summed E-state index contributed by atoms with van der Waals surface area (Å²) in [4.78, 5) is 10.8. The van der Waals surface area contributed by atoms with Gasteiger partial charge in [-0.25, -0.2) is 0 Å². The van der Waals surface area contributed by atoms with Gasteiger partial charge in [0.2, 0.25) is 0 Å². The smallest absolute Gasteiger partial charge is 0.305 e. The molecule has 0 spiro atoms. The molecule has 0 aliphatic heterocycles. The standard InChI is InChI=1S/C11H23NO3/c1-4-7-11(2,14)9-12-8-5-6-10(13)15-3/h12,14H,4-9H2,1-3H3. The monoisotopic (exact) mass is 217 g/mol. The maximum atomic E-state index is 10.8. The highest BCUT2D eigenvalue weighted by molar-refractivity contribution is 5.69. The number of methoxy groups -OCH3 is 1. The number of carbonyl (C=O) groups excluding carboxylic acids is 1. The van der Waals surface area contributed by atoms with Gasteiger partial charge in [0.15, 0.2) is 0 Å². The molecule has 0 rings (SSSR count). The van der Waals surface area contributed by atoms with Crippen molar-refractivity contribution in [1.29, 1.82) is 0 Å². The van der Waals surface area contributed by atoms with E-state index in [1.54, 1.807) is 0 Å². The van der Waals surface area contributed by atoms with E-state index in [4.69, 9.17) is 0 Å². The van der Waals surface area contributed by atoms with Gasteiger partial charge < -0.3 is 15.2 Å². The van der Waals surface area contributed by atoms with Gasteiger partial charge in [0, 0.05) is 13.0 Å². The third-order valence-electron chi connectivity index (χ3n) is 2.26. The van der Waals surface area contributed by atoms with E-state index in [2.05, 4.69) is 10.1 Å². The quantitative estimate of drug-likeness (QED) is 0.472. The number of carbonyl (C=O) groups is 1. The van der Waals surface area contributed by atoms with Crippen LogP contribution in [-0.2, 0) is 9.53 Å². The highest BCUT2D eigenvalue weighted by atomic mass is 16.5. The third-order valence-corrected chi connectivity index (χ3v) is 2.26. The molecule has 15 heavy (non-hydrogen) atoms. The molecule has 0 aromatic rings. The minimum Gasteiger partial charge on any atom is -0.469 e. The second-order valence-corrected chi connectivity index (χ2v) is 4.10. The Morgan fingerprint density at radius 3 is 2.73 bits per heavy atom. The van der Waals surface area contributed by atoms with Crippen LogP contribution in [0.2, 0.25) is 0 Å². The fourth-order valence-corrected chi connectivity index (χ4v) is 1.44. The topological polar surface area (TPSA) is 58.6 Å². The Bertz CT molecular complexity index is 181. The molecule has 0 bridgehead atoms. The van der Waals surface area contributed by atoms with E-state index in [1.807, 2.05) is 13.8 Å². The van der Waals surface area contributed by atoms with Crippen molar-refractivity contribution < 1.29 is 14.6 Å². The van der Waals surface area contributed by atoms with Gasteiger partial charge in [0.25, 0.3) is 0 Å². The van der Waals surface area contributed by atoms with Crippen LogP contribution in [0.1, 0.15) is 39.5 Å². The molecule has 0 aromatic heterocycles. The molecule has 0 aromatic carbocycles. The minimum absolute atomic E-state index is 0.183. The molecule has 4 heteroatoms. The Morgan fingerprint density at radius 1 is 1.53 bits per heavy atom. The van der Waals surface area contributed by atoms with Crippen LogP contribution >= 0.6 is 0 Å². The summed E-state index contributed by atoms with van der Waals surface area (Å²) in [7, 11) is 1.39. The fourth-order valence-electron chi connectivity index (χ4n) is 1.44. The van der Waals surface area contributed by atoms with Gasteiger partial charge in [-0.05, 0) is 26.3 Å². The third kappa shape index (κ3) is 8.39. The lowest BCUT2D eigenvalue weighted by molar-refractivity contribution is -0.140. The first-order valence-electron chi connectivity index (χ1n) is 5.51. The van der Waals surface area contributed by atoms with E-state index in [9.17, 15) is 9.90 Å². The van der Waals surface area contributed by atoms with Crippen molar-refractivity contribution in [3.05, 3.63) is 0 Å². The summed E-state index contributed by atoms with van der Waals surface area (Å²) in [5.41, 5.74) is -0.639. The van der Waals surface area contributed by atoms with Crippen LogP contribution in [0.3, 0.4) is 0 Å². The van der Waals surface area contributed by atoms with E-state index in [1.165, 1.54) is 7.11 Å². The molecular formula is C11H23NO3. The zero-order valence-electron chi connectivity index (χ0n) is 10.0. The number of rotatable bonds is 8. The predicted molar refractivity (Wildman–Crippen MR) is 59.7 cm³/mol. The fraction of sp³-hybridized carbons (Fsp3) is 0.909. The lowest BCUT2D eigenvalue weighted by atomic mass is 10.0. The Morgan fingerprint density at radius 2 is 2.20 bits per heavy atom. The molecular weight excluding hydrogens is 194 g/mol. The summed E-state index contributed by atoms with van der Waals surface area (Å²) in [6.07, 6.45) is 2.93. The first kappa shape index (κ1) is 14.4. The van der Waals surface area contributed by atoms with Crippen molar-refractivity contribution in [2.75, 3.05) is 20.2 Å². The van der Waals surface area contributed by atoms with Crippen LogP contribution in [0.25, 0.3) is 0 Å². The van der Waals surface area contributed by atoms with E-state index in [-0.39, 0.29) is 5.97 Å². The Hall–Kier alpha value is -0.610. The van der Waals surface area contributed by atoms with Gasteiger partial charge in [0.05, 0.1) is 12.7 Å². The zero-order valence-corrected chi connectivity index (χ0v) is 10.0. The van der Waals surface area contributed by atoms with Crippen LogP contribution in [0, 0.1) is 0 Å². The summed E-state index contributed by atoms with van der Waals surface area (Å²) in [5.74, 6) is -0.183. The van der Waals surface area contributed by atoms with Gasteiger partial charge in [0.1, 0.15) is 0 Å². The van der Waals surface area contributed by atoms with Crippen molar-refractivity contribution in [2.24, 2.45) is 0 Å². The predicted octanol–water partition coefficient (Wildman–Crippen LogP) is 1.08. The maximum Gasteiger partial charge on any atom is 0.305 e. The van der Waals surface area contributed by atoms with Crippen LogP contribution in [-0.4, -0.2) is 36.9 Å². The zero-order chi connectivity index (χ0) is 11.7. The summed E-state index contributed by atoms with van der Waals surface area (Å²) < 4.78 is 4.52. The molecule has 90 valence electrons. The molecule has 2 N–H and O–H groups in total. The molecule has 0 radical (unpaired) electrons. The van der Waals surface area contributed by atoms with Gasteiger partial charge in [-0.3, -0.25) is 4.79 Å². The molecule has 0 amide bonds. The van der Waals surface area contributed by atoms with Crippen LogP contribution in [0.5, 0.6) is 0 Å². The van der Waals surface area contributed by atoms with E-state index >= 15 is 0 Å². The average Bonchev–Trinajstić information content (AvgIpc) is 2.16. The number of hydrogen-bond donors (Lipinski definition) is 2. The normalized spacial score (nSPS) is 14.7. The molecule has 4 nitrogen and oxygen atoms in total. The average molecular weight is 217 g/mol. The largest absolute Gasteiger partial charge is 0.469 e. The Kier molecular flexibility index (Phi) is 7.34. The molecule has 1 atom stereocenters. The van der Waals surface area contributed by atoms with Crippen molar-refractivity contribution in [2.45, 2.75) is 45.1 Å². The maximum absolute atomic E-state index is 10.8. The van der Waals surface area contributed by atoms with Gasteiger partial charge in [-0.15, -0.1) is 0 Å². The van der Waals surface area contributed by atoms with E-state index in [0.717, 1.165) is 25.8 Å². The second-order valence-electron chi connectivity index (χ2n) is 4.10. The highest BCUT2D eigenvalue weighted by Gasteiger charge is 2.17. The number of nitrogens with one attached hydrogen (secondary N) is 1. The molecule has 0 saturated heterocycles. The first-order chi connectivity index (χ1) is 7.02. The summed E-state index contributed by atoms with van der Waals surface area (Å²) in [6.45, 7) is 5.17. The van der Waals surface area contributed by atoms with Gasteiger partial charge in [-0.2, -0.15) is 0 Å². The molecule has 0 aliphatic carbocycles. The number of esters is 1. The van der Waals surface area contributed by atoms with Crippen LogP contribution < -0.4 is 5.32 Å². The SMILES string of the molecule is CCCC(C)(O)CNCCCC(=O)OC. The van der Waals surface area contributed by atoms with E-state index < -0.39 is 5.60 Å². The number of aliphatic hydroxyl groups is 1. The van der Waals surface area contributed by atoms with Crippen LogP contribution in [0.15, 0.2) is 0 Å².